The minimum Gasteiger partial charge on any atom is -0.368 e. The van der Waals surface area contributed by atoms with Gasteiger partial charge in [0.15, 0.2) is 9.84 Å². The third-order valence-electron chi connectivity index (χ3n) is 4.72. The molecule has 2 saturated heterocycles. The average molecular weight is 369 g/mol. The van der Waals surface area contributed by atoms with E-state index in [1.807, 2.05) is 0 Å². The first-order valence-corrected chi connectivity index (χ1v) is 10.2. The maximum absolute atomic E-state index is 12.4. The summed E-state index contributed by atoms with van der Waals surface area (Å²) in [6, 6.07) is 1.05. The summed E-state index contributed by atoms with van der Waals surface area (Å²) >= 11 is 0. The number of aryl methyl sites for hydroxylation is 1. The second kappa shape index (κ2) is 6.75. The average Bonchev–Trinajstić information content (AvgIpc) is 3.18. The number of aromatic nitrogens is 2. The quantitative estimate of drug-likeness (QED) is 0.716. The first kappa shape index (κ1) is 17.9. The smallest absolute Gasteiger partial charge is 0.239 e. The van der Waals surface area contributed by atoms with E-state index in [2.05, 4.69) is 10.4 Å². The summed E-state index contributed by atoms with van der Waals surface area (Å²) in [6.07, 6.45) is 1.99. The van der Waals surface area contributed by atoms with Crippen molar-refractivity contribution < 1.29 is 18.0 Å². The van der Waals surface area contributed by atoms with Gasteiger partial charge in [0.25, 0.3) is 0 Å². The summed E-state index contributed by atoms with van der Waals surface area (Å²) in [5.74, 6) is -0.0258. The molecule has 1 aromatic heterocycles. The van der Waals surface area contributed by atoms with Crippen LogP contribution < -0.4 is 11.1 Å². The van der Waals surface area contributed by atoms with Gasteiger partial charge in [0.1, 0.15) is 5.82 Å². The summed E-state index contributed by atoms with van der Waals surface area (Å²) < 4.78 is 25.0. The predicted molar refractivity (Wildman–Crippen MR) is 91.7 cm³/mol. The number of amides is 2. The van der Waals surface area contributed by atoms with Crippen molar-refractivity contribution in [3.63, 3.8) is 0 Å². The second-order valence-electron chi connectivity index (χ2n) is 6.75. The zero-order valence-corrected chi connectivity index (χ0v) is 15.0. The van der Waals surface area contributed by atoms with Crippen molar-refractivity contribution >= 4 is 27.5 Å². The van der Waals surface area contributed by atoms with E-state index in [1.165, 1.54) is 0 Å². The van der Waals surface area contributed by atoms with Crippen LogP contribution in [0.3, 0.4) is 0 Å². The first-order valence-electron chi connectivity index (χ1n) is 8.35. The molecule has 0 aromatic carbocycles. The van der Waals surface area contributed by atoms with E-state index in [9.17, 15) is 18.0 Å². The normalized spacial score (nSPS) is 26.0. The van der Waals surface area contributed by atoms with Crippen LogP contribution in [0.5, 0.6) is 0 Å². The Labute approximate surface area is 146 Å². The third-order valence-corrected chi connectivity index (χ3v) is 6.47. The fraction of sp³-hybridized carbons (Fsp3) is 0.667. The van der Waals surface area contributed by atoms with Gasteiger partial charge in [-0.1, -0.05) is 0 Å². The third kappa shape index (κ3) is 4.01. The van der Waals surface area contributed by atoms with Crippen molar-refractivity contribution in [2.45, 2.75) is 38.3 Å². The van der Waals surface area contributed by atoms with Gasteiger partial charge in [-0.05, 0) is 32.7 Å². The standard InChI is InChI=1S/C15H23N5O4S/c1-10-7-13(20(18-10)11-4-6-25(23,24)9-11)17-14(21)8-19-5-2-3-12(19)15(16)22/h7,11-12H,2-6,8-9H2,1H3,(H2,16,22)(H,17,21). The number of hydrogen-bond acceptors (Lipinski definition) is 6. The maximum atomic E-state index is 12.4. The molecule has 2 unspecified atom stereocenters. The molecule has 9 nitrogen and oxygen atoms in total. The first-order chi connectivity index (χ1) is 11.7. The number of hydrogen-bond donors (Lipinski definition) is 2. The van der Waals surface area contributed by atoms with Gasteiger partial charge in [-0.25, -0.2) is 13.1 Å². The number of sulfone groups is 1. The number of carbonyl (C=O) groups excluding carboxylic acids is 2. The van der Waals surface area contributed by atoms with Gasteiger partial charge in [-0.2, -0.15) is 5.10 Å². The summed E-state index contributed by atoms with van der Waals surface area (Å²) in [5.41, 5.74) is 6.07. The van der Waals surface area contributed by atoms with Crippen LogP contribution in [0.1, 0.15) is 31.0 Å². The van der Waals surface area contributed by atoms with Crippen LogP contribution in [-0.4, -0.2) is 65.5 Å². The van der Waals surface area contributed by atoms with Gasteiger partial charge in [-0.3, -0.25) is 14.5 Å². The summed E-state index contributed by atoms with van der Waals surface area (Å²) in [7, 11) is -3.05. The van der Waals surface area contributed by atoms with Crippen molar-refractivity contribution in [3.8, 4) is 0 Å². The molecule has 2 amide bonds. The zero-order valence-electron chi connectivity index (χ0n) is 14.1. The number of carbonyl (C=O) groups is 2. The van der Waals surface area contributed by atoms with Crippen LogP contribution in [0.2, 0.25) is 0 Å². The molecule has 2 atom stereocenters. The van der Waals surface area contributed by atoms with Crippen molar-refractivity contribution in [1.29, 1.82) is 0 Å². The van der Waals surface area contributed by atoms with E-state index >= 15 is 0 Å². The Hall–Kier alpha value is -1.94. The number of rotatable bonds is 5. The molecule has 3 heterocycles. The van der Waals surface area contributed by atoms with Crippen LogP contribution in [0.4, 0.5) is 5.82 Å². The van der Waals surface area contributed by atoms with E-state index < -0.39 is 21.8 Å². The van der Waals surface area contributed by atoms with E-state index in [-0.39, 0.29) is 30.0 Å². The molecule has 2 fully saturated rings. The molecule has 25 heavy (non-hydrogen) atoms. The van der Waals surface area contributed by atoms with Gasteiger partial charge in [-0.15, -0.1) is 0 Å². The number of nitrogens with two attached hydrogens (primary N) is 1. The molecule has 3 rings (SSSR count). The summed E-state index contributed by atoms with van der Waals surface area (Å²) in [4.78, 5) is 25.6. The number of nitrogens with zero attached hydrogens (tertiary/aromatic N) is 3. The summed E-state index contributed by atoms with van der Waals surface area (Å²) in [5, 5.41) is 7.13. The predicted octanol–water partition coefficient (Wildman–Crippen LogP) is -0.561. The Morgan fingerprint density at radius 1 is 1.40 bits per heavy atom. The highest BCUT2D eigenvalue weighted by molar-refractivity contribution is 7.91. The van der Waals surface area contributed by atoms with Crippen LogP contribution >= 0.6 is 0 Å². The van der Waals surface area contributed by atoms with Crippen LogP contribution in [0.25, 0.3) is 0 Å². The number of primary amides is 1. The number of nitrogens with one attached hydrogen (secondary N) is 1. The Morgan fingerprint density at radius 2 is 2.16 bits per heavy atom. The molecule has 0 bridgehead atoms. The number of likely N-dealkylation sites (tertiary alicyclic amines) is 1. The molecular weight excluding hydrogens is 346 g/mol. The van der Waals surface area contributed by atoms with Crippen molar-refractivity contribution in [2.75, 3.05) is 29.9 Å². The topological polar surface area (TPSA) is 127 Å². The molecule has 0 radical (unpaired) electrons. The van der Waals surface area contributed by atoms with Gasteiger partial charge in [0, 0.05) is 6.07 Å². The minimum atomic E-state index is -3.05. The molecule has 1 aromatic rings. The lowest BCUT2D eigenvalue weighted by Crippen LogP contribution is -2.44. The molecule has 0 aliphatic carbocycles. The lowest BCUT2D eigenvalue weighted by atomic mass is 10.2. The molecular formula is C15H23N5O4S. The van der Waals surface area contributed by atoms with Crippen molar-refractivity contribution in [3.05, 3.63) is 11.8 Å². The number of anilines is 1. The molecule has 2 aliphatic rings. The highest BCUT2D eigenvalue weighted by Gasteiger charge is 2.33. The lowest BCUT2D eigenvalue weighted by Gasteiger charge is -2.21. The Balaban J connectivity index is 1.69. The van der Waals surface area contributed by atoms with Crippen molar-refractivity contribution in [1.82, 2.24) is 14.7 Å². The van der Waals surface area contributed by atoms with Gasteiger partial charge >= 0.3 is 0 Å². The highest BCUT2D eigenvalue weighted by Crippen LogP contribution is 2.27. The van der Waals surface area contributed by atoms with Crippen LogP contribution in [0.15, 0.2) is 6.07 Å². The van der Waals surface area contributed by atoms with E-state index in [0.29, 0.717) is 30.9 Å². The molecule has 0 saturated carbocycles. The van der Waals surface area contributed by atoms with E-state index in [4.69, 9.17) is 5.73 Å². The molecule has 3 N–H and O–H groups in total. The maximum Gasteiger partial charge on any atom is 0.239 e. The zero-order chi connectivity index (χ0) is 18.2. The Kier molecular flexibility index (Phi) is 4.83. The Morgan fingerprint density at radius 3 is 2.80 bits per heavy atom. The SMILES string of the molecule is Cc1cc(NC(=O)CN2CCCC2C(N)=O)n(C2CCS(=O)(=O)C2)n1. The highest BCUT2D eigenvalue weighted by atomic mass is 32.2. The van der Waals surface area contributed by atoms with Crippen LogP contribution in [-0.2, 0) is 19.4 Å². The van der Waals surface area contributed by atoms with E-state index in [0.717, 1.165) is 6.42 Å². The molecule has 0 spiro atoms. The monoisotopic (exact) mass is 369 g/mol. The molecule has 138 valence electrons. The Bertz CT molecular complexity index is 788. The van der Waals surface area contributed by atoms with Gasteiger partial charge in [0.05, 0.1) is 35.8 Å². The lowest BCUT2D eigenvalue weighted by molar-refractivity contribution is -0.123. The largest absolute Gasteiger partial charge is 0.368 e. The summed E-state index contributed by atoms with van der Waals surface area (Å²) in [6.45, 7) is 2.51. The fourth-order valence-corrected chi connectivity index (χ4v) is 5.25. The van der Waals surface area contributed by atoms with Crippen molar-refractivity contribution in [2.24, 2.45) is 5.73 Å². The van der Waals surface area contributed by atoms with Crippen LogP contribution in [0, 0.1) is 6.92 Å². The van der Waals surface area contributed by atoms with E-state index in [1.54, 1.807) is 22.6 Å². The minimum absolute atomic E-state index is 0.0346. The molecule has 10 heteroatoms. The second-order valence-corrected chi connectivity index (χ2v) is 8.98. The fourth-order valence-electron chi connectivity index (χ4n) is 3.56. The van der Waals surface area contributed by atoms with Gasteiger partial charge in [0.2, 0.25) is 11.8 Å². The van der Waals surface area contributed by atoms with Gasteiger partial charge < -0.3 is 11.1 Å². The molecule has 2 aliphatic heterocycles.